The van der Waals surface area contributed by atoms with Gasteiger partial charge >= 0.3 is 0 Å². The number of aromatic nitrogens is 1. The molecule has 0 radical (unpaired) electrons. The van der Waals surface area contributed by atoms with Gasteiger partial charge in [-0.2, -0.15) is 0 Å². The minimum atomic E-state index is 0. The van der Waals surface area contributed by atoms with Gasteiger partial charge in [0, 0.05) is 15.6 Å². The van der Waals surface area contributed by atoms with Gasteiger partial charge in [-0.05, 0) is 48.9 Å². The highest BCUT2D eigenvalue weighted by Crippen LogP contribution is 2.29. The second-order valence-corrected chi connectivity index (χ2v) is 7.53. The molecule has 5 heteroatoms. The molecule has 0 aliphatic carbocycles. The summed E-state index contributed by atoms with van der Waals surface area (Å²) in [4.78, 5) is 7.06. The molecule has 4 aromatic rings. The maximum Gasteiger partial charge on any atom is 0.195 e. The number of hydrogen-bond acceptors (Lipinski definition) is 2. The van der Waals surface area contributed by atoms with Gasteiger partial charge in [-0.15, -0.1) is 28.3 Å². The standard InChI is InChI=1S/C22H17ClN2S.BrH/c1-16-21(17-12-14-18(23)15-13-17)25(20-10-6-3-7-11-20)22(26-16)24-19-8-4-2-5-9-19;/h2-15H,1H3;1H. The van der Waals surface area contributed by atoms with Crippen molar-refractivity contribution in [2.24, 2.45) is 4.99 Å². The lowest BCUT2D eigenvalue weighted by Crippen LogP contribution is -2.13. The zero-order valence-corrected chi connectivity index (χ0v) is 18.0. The Morgan fingerprint density at radius 2 is 1.41 bits per heavy atom. The third-order valence-electron chi connectivity index (χ3n) is 4.11. The third kappa shape index (κ3) is 4.24. The Hall–Kier alpha value is -2.14. The molecule has 0 bridgehead atoms. The number of thiazole rings is 1. The van der Waals surface area contributed by atoms with Gasteiger partial charge in [0.25, 0.3) is 0 Å². The van der Waals surface area contributed by atoms with E-state index in [2.05, 4.69) is 35.8 Å². The summed E-state index contributed by atoms with van der Waals surface area (Å²) < 4.78 is 2.22. The highest BCUT2D eigenvalue weighted by molar-refractivity contribution is 8.93. The first-order chi connectivity index (χ1) is 12.7. The molecule has 0 saturated heterocycles. The molecule has 0 spiro atoms. The number of hydrogen-bond donors (Lipinski definition) is 0. The van der Waals surface area contributed by atoms with Crippen molar-refractivity contribution in [2.75, 3.05) is 0 Å². The van der Waals surface area contributed by atoms with Crippen LogP contribution in [0.1, 0.15) is 4.88 Å². The van der Waals surface area contributed by atoms with Crippen LogP contribution >= 0.6 is 39.9 Å². The zero-order chi connectivity index (χ0) is 17.9. The van der Waals surface area contributed by atoms with E-state index < -0.39 is 0 Å². The van der Waals surface area contributed by atoms with Gasteiger partial charge in [0.2, 0.25) is 0 Å². The maximum absolute atomic E-state index is 6.09. The van der Waals surface area contributed by atoms with Gasteiger partial charge in [-0.1, -0.05) is 60.1 Å². The molecule has 0 aliphatic heterocycles. The van der Waals surface area contributed by atoms with Crippen LogP contribution in [-0.2, 0) is 0 Å². The minimum Gasteiger partial charge on any atom is -0.285 e. The van der Waals surface area contributed by atoms with Crippen LogP contribution in [0.3, 0.4) is 0 Å². The Morgan fingerprint density at radius 1 is 0.815 bits per heavy atom. The van der Waals surface area contributed by atoms with Gasteiger partial charge in [0.05, 0.1) is 11.4 Å². The van der Waals surface area contributed by atoms with Gasteiger partial charge < -0.3 is 0 Å². The molecule has 0 saturated carbocycles. The molecule has 2 nitrogen and oxygen atoms in total. The van der Waals surface area contributed by atoms with E-state index in [1.54, 1.807) is 11.3 Å². The fourth-order valence-electron chi connectivity index (χ4n) is 2.93. The van der Waals surface area contributed by atoms with Crippen LogP contribution < -0.4 is 4.80 Å². The summed E-state index contributed by atoms with van der Waals surface area (Å²) in [5.41, 5.74) is 4.31. The number of nitrogens with zero attached hydrogens (tertiary/aromatic N) is 2. The summed E-state index contributed by atoms with van der Waals surface area (Å²) in [6.07, 6.45) is 0. The number of benzene rings is 3. The topological polar surface area (TPSA) is 17.3 Å². The molecule has 0 unspecified atom stereocenters. The van der Waals surface area contributed by atoms with Crippen LogP contribution in [0.25, 0.3) is 16.9 Å². The van der Waals surface area contributed by atoms with Crippen molar-refractivity contribution in [1.82, 2.24) is 4.57 Å². The maximum atomic E-state index is 6.09. The van der Waals surface area contributed by atoms with Crippen LogP contribution in [-0.4, -0.2) is 4.57 Å². The quantitative estimate of drug-likeness (QED) is 0.316. The summed E-state index contributed by atoms with van der Waals surface area (Å²) in [7, 11) is 0. The van der Waals surface area contributed by atoms with Crippen LogP contribution in [0.5, 0.6) is 0 Å². The van der Waals surface area contributed by atoms with Crippen LogP contribution in [0.15, 0.2) is 89.9 Å². The number of aryl methyl sites for hydroxylation is 1. The van der Waals surface area contributed by atoms with Crippen molar-refractivity contribution in [2.45, 2.75) is 6.92 Å². The van der Waals surface area contributed by atoms with Crippen molar-refractivity contribution >= 4 is 45.6 Å². The van der Waals surface area contributed by atoms with Crippen molar-refractivity contribution in [3.8, 4) is 16.9 Å². The summed E-state index contributed by atoms with van der Waals surface area (Å²) in [5.74, 6) is 0. The molecule has 0 aliphatic rings. The molecular weight excluding hydrogens is 440 g/mol. The largest absolute Gasteiger partial charge is 0.285 e. The molecule has 1 heterocycles. The summed E-state index contributed by atoms with van der Waals surface area (Å²) in [5, 5.41) is 0.738. The van der Waals surface area contributed by atoms with E-state index in [9.17, 15) is 0 Å². The molecule has 0 N–H and O–H groups in total. The molecule has 27 heavy (non-hydrogen) atoms. The van der Waals surface area contributed by atoms with E-state index in [-0.39, 0.29) is 17.0 Å². The van der Waals surface area contributed by atoms with E-state index in [1.807, 2.05) is 60.7 Å². The lowest BCUT2D eigenvalue weighted by Gasteiger charge is -2.10. The van der Waals surface area contributed by atoms with Crippen LogP contribution in [0.2, 0.25) is 5.02 Å². The van der Waals surface area contributed by atoms with Gasteiger partial charge in [-0.3, -0.25) is 4.57 Å². The SMILES string of the molecule is Br.Cc1sc(=Nc2ccccc2)n(-c2ccccc2)c1-c1ccc(Cl)cc1. The summed E-state index contributed by atoms with van der Waals surface area (Å²) in [6, 6.07) is 28.4. The molecule has 4 rings (SSSR count). The third-order valence-corrected chi connectivity index (χ3v) is 5.31. The summed E-state index contributed by atoms with van der Waals surface area (Å²) in [6.45, 7) is 2.14. The van der Waals surface area contributed by atoms with E-state index in [1.165, 1.54) is 4.88 Å². The van der Waals surface area contributed by atoms with Crippen molar-refractivity contribution in [3.63, 3.8) is 0 Å². The molecule has 0 atom stereocenters. The van der Waals surface area contributed by atoms with Gasteiger partial charge in [0.15, 0.2) is 4.80 Å². The number of para-hydroxylation sites is 2. The highest BCUT2D eigenvalue weighted by Gasteiger charge is 2.14. The lowest BCUT2D eigenvalue weighted by molar-refractivity contribution is 1.01. The lowest BCUT2D eigenvalue weighted by atomic mass is 10.1. The Balaban J connectivity index is 0.00000210. The zero-order valence-electron chi connectivity index (χ0n) is 14.7. The van der Waals surface area contributed by atoms with Crippen LogP contribution in [0.4, 0.5) is 5.69 Å². The Morgan fingerprint density at radius 3 is 2.04 bits per heavy atom. The molecule has 3 aromatic carbocycles. The van der Waals surface area contributed by atoms with Crippen LogP contribution in [0, 0.1) is 6.92 Å². The minimum absolute atomic E-state index is 0. The fourth-order valence-corrected chi connectivity index (χ4v) is 4.07. The molecule has 1 aromatic heterocycles. The predicted molar refractivity (Wildman–Crippen MR) is 121 cm³/mol. The Labute approximate surface area is 178 Å². The monoisotopic (exact) mass is 456 g/mol. The molecule has 0 fully saturated rings. The molecule has 136 valence electrons. The predicted octanol–water partition coefficient (Wildman–Crippen LogP) is 6.98. The second-order valence-electron chi connectivity index (χ2n) is 5.91. The van der Waals surface area contributed by atoms with Gasteiger partial charge in [-0.25, -0.2) is 4.99 Å². The molecular formula is C22H18BrClN2S. The van der Waals surface area contributed by atoms with E-state index in [0.29, 0.717) is 0 Å². The van der Waals surface area contributed by atoms with E-state index in [4.69, 9.17) is 16.6 Å². The molecule has 0 amide bonds. The van der Waals surface area contributed by atoms with Crippen molar-refractivity contribution in [3.05, 3.63) is 99.6 Å². The Kier molecular flexibility index (Phi) is 6.32. The van der Waals surface area contributed by atoms with Crippen molar-refractivity contribution in [1.29, 1.82) is 0 Å². The number of rotatable bonds is 3. The first kappa shape index (κ1) is 19.6. The first-order valence-corrected chi connectivity index (χ1v) is 9.55. The first-order valence-electron chi connectivity index (χ1n) is 8.36. The average molecular weight is 458 g/mol. The highest BCUT2D eigenvalue weighted by atomic mass is 79.9. The van der Waals surface area contributed by atoms with Crippen molar-refractivity contribution < 1.29 is 0 Å². The van der Waals surface area contributed by atoms with Gasteiger partial charge in [0.1, 0.15) is 0 Å². The summed E-state index contributed by atoms with van der Waals surface area (Å²) >= 11 is 7.78. The second kappa shape index (κ2) is 8.70. The Bertz CT molecular complexity index is 1080. The average Bonchev–Trinajstić information content (AvgIpc) is 3.00. The van der Waals surface area contributed by atoms with E-state index in [0.717, 1.165) is 32.5 Å². The smallest absolute Gasteiger partial charge is 0.195 e. The number of halogens is 2. The fraction of sp³-hybridized carbons (Fsp3) is 0.0455. The van der Waals surface area contributed by atoms with E-state index >= 15 is 0 Å². The normalized spacial score (nSPS) is 11.3.